The maximum absolute atomic E-state index is 12.2. The van der Waals surface area contributed by atoms with Gasteiger partial charge >= 0.3 is 12.1 Å². The van der Waals surface area contributed by atoms with Crippen LogP contribution in [0.1, 0.15) is 60.8 Å². The first-order valence-electron chi connectivity index (χ1n) is 7.78. The van der Waals surface area contributed by atoms with Gasteiger partial charge in [0.2, 0.25) is 0 Å². The number of hydrogen-bond donors (Lipinski definition) is 1. The van der Waals surface area contributed by atoms with Gasteiger partial charge in [-0.2, -0.15) is 0 Å². The van der Waals surface area contributed by atoms with Crippen LogP contribution in [0.5, 0.6) is 0 Å². The van der Waals surface area contributed by atoms with E-state index in [1.165, 1.54) is 4.90 Å². The Hall–Kier alpha value is -1.30. The molecule has 1 heterocycles. The Balaban J connectivity index is 2.62. The minimum Gasteiger partial charge on any atom is -0.460 e. The van der Waals surface area contributed by atoms with Gasteiger partial charge in [0.05, 0.1) is 18.6 Å². The van der Waals surface area contributed by atoms with Gasteiger partial charge in [0, 0.05) is 6.54 Å². The highest BCUT2D eigenvalue weighted by Gasteiger charge is 2.37. The van der Waals surface area contributed by atoms with E-state index in [0.717, 1.165) is 6.42 Å². The lowest BCUT2D eigenvalue weighted by Crippen LogP contribution is -2.46. The predicted molar refractivity (Wildman–Crippen MR) is 82.4 cm³/mol. The number of amides is 1. The first-order valence-corrected chi connectivity index (χ1v) is 7.78. The molecule has 0 unspecified atom stereocenters. The van der Waals surface area contributed by atoms with Crippen LogP contribution in [-0.2, 0) is 14.3 Å². The van der Waals surface area contributed by atoms with Crippen LogP contribution in [-0.4, -0.2) is 52.0 Å². The maximum Gasteiger partial charge on any atom is 0.410 e. The normalized spacial score (nSPS) is 20.7. The molecule has 1 fully saturated rings. The molecule has 0 aliphatic carbocycles. The van der Waals surface area contributed by atoms with Crippen LogP contribution < -0.4 is 0 Å². The van der Waals surface area contributed by atoms with Crippen molar-refractivity contribution in [1.82, 2.24) is 4.90 Å². The molecule has 2 atom stereocenters. The average Bonchev–Trinajstić information content (AvgIpc) is 2.71. The Morgan fingerprint density at radius 1 is 1.14 bits per heavy atom. The summed E-state index contributed by atoms with van der Waals surface area (Å²) in [5, 5.41) is 10.3. The van der Waals surface area contributed by atoms with Crippen LogP contribution >= 0.6 is 0 Å². The Bertz CT molecular complexity index is 408. The fraction of sp³-hybridized carbons (Fsp3) is 0.875. The van der Waals surface area contributed by atoms with Crippen molar-refractivity contribution in [2.24, 2.45) is 0 Å². The zero-order chi connectivity index (χ0) is 17.1. The lowest BCUT2D eigenvalue weighted by atomic mass is 10.1. The molecule has 6 nitrogen and oxygen atoms in total. The molecule has 1 rings (SSSR count). The standard InChI is InChI=1S/C16H29NO5/c1-15(2,3)21-13(19)10-12(18)11-8-7-9-17(11)14(20)22-16(4,5)6/h11-12,18H,7-10H2,1-6H3/t11-,12-/m0/s1. The lowest BCUT2D eigenvalue weighted by molar-refractivity contribution is -0.157. The summed E-state index contributed by atoms with van der Waals surface area (Å²) in [6.07, 6.45) is -0.0668. The number of likely N-dealkylation sites (tertiary alicyclic amines) is 1. The summed E-state index contributed by atoms with van der Waals surface area (Å²) >= 11 is 0. The second-order valence-electron chi connectivity index (χ2n) is 7.74. The highest BCUT2D eigenvalue weighted by atomic mass is 16.6. The van der Waals surface area contributed by atoms with Crippen LogP contribution in [0, 0.1) is 0 Å². The number of hydrogen-bond acceptors (Lipinski definition) is 5. The van der Waals surface area contributed by atoms with Crippen molar-refractivity contribution in [1.29, 1.82) is 0 Å². The van der Waals surface area contributed by atoms with Crippen LogP contribution in [0.2, 0.25) is 0 Å². The van der Waals surface area contributed by atoms with Gasteiger partial charge in [0.1, 0.15) is 11.2 Å². The molecule has 22 heavy (non-hydrogen) atoms. The number of aliphatic hydroxyl groups excluding tert-OH is 1. The van der Waals surface area contributed by atoms with E-state index in [2.05, 4.69) is 0 Å². The molecule has 0 aromatic rings. The second kappa shape index (κ2) is 6.86. The SMILES string of the molecule is CC(C)(C)OC(=O)C[C@H](O)[C@@H]1CCCN1C(=O)OC(C)(C)C. The Morgan fingerprint density at radius 3 is 2.18 bits per heavy atom. The van der Waals surface area contributed by atoms with Gasteiger partial charge in [-0.25, -0.2) is 4.79 Å². The van der Waals surface area contributed by atoms with Crippen LogP contribution in [0.3, 0.4) is 0 Å². The molecule has 0 aromatic heterocycles. The van der Waals surface area contributed by atoms with Gasteiger partial charge in [-0.1, -0.05) is 0 Å². The van der Waals surface area contributed by atoms with E-state index in [0.29, 0.717) is 13.0 Å². The fourth-order valence-corrected chi connectivity index (χ4v) is 2.43. The molecular formula is C16H29NO5. The fourth-order valence-electron chi connectivity index (χ4n) is 2.43. The van der Waals surface area contributed by atoms with Crippen LogP contribution in [0.4, 0.5) is 4.79 Å². The quantitative estimate of drug-likeness (QED) is 0.810. The number of carbonyl (C=O) groups is 2. The highest BCUT2D eigenvalue weighted by Crippen LogP contribution is 2.25. The molecule has 128 valence electrons. The summed E-state index contributed by atoms with van der Waals surface area (Å²) in [6.45, 7) is 11.3. The minimum absolute atomic E-state index is 0.124. The summed E-state index contributed by atoms with van der Waals surface area (Å²) in [5.74, 6) is -0.462. The van der Waals surface area contributed by atoms with Crippen LogP contribution in [0.15, 0.2) is 0 Å². The van der Waals surface area contributed by atoms with E-state index in [-0.39, 0.29) is 6.42 Å². The summed E-state index contributed by atoms with van der Waals surface area (Å²) in [4.78, 5) is 25.5. The number of esters is 1. The van der Waals surface area contributed by atoms with Crippen molar-refractivity contribution in [2.45, 2.75) is 84.2 Å². The van der Waals surface area contributed by atoms with Crippen molar-refractivity contribution in [3.8, 4) is 0 Å². The van der Waals surface area contributed by atoms with Crippen molar-refractivity contribution in [3.05, 3.63) is 0 Å². The molecule has 0 radical (unpaired) electrons. The molecule has 1 aliphatic rings. The molecule has 0 spiro atoms. The lowest BCUT2D eigenvalue weighted by Gasteiger charge is -2.31. The van der Waals surface area contributed by atoms with Gasteiger partial charge in [0.15, 0.2) is 0 Å². The zero-order valence-corrected chi connectivity index (χ0v) is 14.5. The summed E-state index contributed by atoms with van der Waals surface area (Å²) in [7, 11) is 0. The van der Waals surface area contributed by atoms with E-state index >= 15 is 0 Å². The molecule has 1 N–H and O–H groups in total. The van der Waals surface area contributed by atoms with Gasteiger partial charge in [-0.15, -0.1) is 0 Å². The van der Waals surface area contributed by atoms with Gasteiger partial charge in [-0.3, -0.25) is 4.79 Å². The Labute approximate surface area is 132 Å². The third kappa shape index (κ3) is 6.22. The van der Waals surface area contributed by atoms with E-state index in [1.807, 2.05) is 0 Å². The predicted octanol–water partition coefficient (Wildman–Crippen LogP) is 2.48. The maximum atomic E-state index is 12.2. The molecule has 1 amide bonds. The molecule has 0 aromatic carbocycles. The topological polar surface area (TPSA) is 76.1 Å². The summed E-state index contributed by atoms with van der Waals surface area (Å²) < 4.78 is 10.6. The molecule has 6 heteroatoms. The van der Waals surface area contributed by atoms with Gasteiger partial charge in [0.25, 0.3) is 0 Å². The number of carbonyl (C=O) groups excluding carboxylic acids is 2. The summed E-state index contributed by atoms with van der Waals surface area (Å²) in [5.41, 5.74) is -1.17. The molecule has 0 saturated carbocycles. The number of rotatable bonds is 3. The molecule has 1 saturated heterocycles. The van der Waals surface area contributed by atoms with Crippen molar-refractivity contribution in [3.63, 3.8) is 0 Å². The van der Waals surface area contributed by atoms with E-state index < -0.39 is 35.4 Å². The van der Waals surface area contributed by atoms with E-state index in [9.17, 15) is 14.7 Å². The first-order chi connectivity index (χ1) is 9.89. The van der Waals surface area contributed by atoms with Gasteiger partial charge in [-0.05, 0) is 54.4 Å². The molecule has 1 aliphatic heterocycles. The zero-order valence-electron chi connectivity index (χ0n) is 14.5. The smallest absolute Gasteiger partial charge is 0.410 e. The van der Waals surface area contributed by atoms with E-state index in [4.69, 9.17) is 9.47 Å². The molecular weight excluding hydrogens is 286 g/mol. The number of aliphatic hydroxyl groups is 1. The summed E-state index contributed by atoms with van der Waals surface area (Å²) in [6, 6.07) is -0.401. The van der Waals surface area contributed by atoms with Crippen LogP contribution in [0.25, 0.3) is 0 Å². The molecule has 0 bridgehead atoms. The highest BCUT2D eigenvalue weighted by molar-refractivity contribution is 5.71. The number of ether oxygens (including phenoxy) is 2. The Kier molecular flexibility index (Phi) is 5.84. The third-order valence-corrected chi connectivity index (χ3v) is 3.17. The second-order valence-corrected chi connectivity index (χ2v) is 7.74. The van der Waals surface area contributed by atoms with Crippen molar-refractivity contribution < 1.29 is 24.2 Å². The first kappa shape index (κ1) is 18.7. The minimum atomic E-state index is -0.940. The van der Waals surface area contributed by atoms with Crippen molar-refractivity contribution in [2.75, 3.05) is 6.54 Å². The van der Waals surface area contributed by atoms with Gasteiger partial charge < -0.3 is 19.5 Å². The largest absolute Gasteiger partial charge is 0.460 e. The number of nitrogens with zero attached hydrogens (tertiary/aromatic N) is 1. The van der Waals surface area contributed by atoms with Crippen molar-refractivity contribution >= 4 is 12.1 Å². The average molecular weight is 315 g/mol. The third-order valence-electron chi connectivity index (χ3n) is 3.17. The van der Waals surface area contributed by atoms with E-state index in [1.54, 1.807) is 41.5 Å². The monoisotopic (exact) mass is 315 g/mol. The Morgan fingerprint density at radius 2 is 1.68 bits per heavy atom.